The lowest BCUT2D eigenvalue weighted by Gasteiger charge is -2.30. The Morgan fingerprint density at radius 1 is 0.960 bits per heavy atom. The predicted molar refractivity (Wildman–Crippen MR) is 178 cm³/mol. The molecular formula is C36H39F4N3O6S. The van der Waals surface area contributed by atoms with E-state index in [1.54, 1.807) is 29.2 Å². The lowest BCUT2D eigenvalue weighted by atomic mass is 9.83. The average molecular weight is 718 g/mol. The Balaban J connectivity index is 1.21. The third-order valence-corrected chi connectivity index (χ3v) is 12.0. The van der Waals surface area contributed by atoms with Crippen LogP contribution < -0.4 is 15.4 Å². The molecule has 0 spiro atoms. The van der Waals surface area contributed by atoms with Crippen LogP contribution in [-0.2, 0) is 25.6 Å². The first-order valence-corrected chi connectivity index (χ1v) is 18.6. The van der Waals surface area contributed by atoms with Gasteiger partial charge in [-0.05, 0) is 92.3 Å². The lowest BCUT2D eigenvalue weighted by molar-refractivity contribution is -0.140. The van der Waals surface area contributed by atoms with Gasteiger partial charge >= 0.3 is 6.18 Å². The fourth-order valence-corrected chi connectivity index (χ4v) is 8.69. The van der Waals surface area contributed by atoms with Gasteiger partial charge in [0.2, 0.25) is 11.8 Å². The number of sulfone groups is 1. The number of methoxy groups -OCH3 is 1. The summed E-state index contributed by atoms with van der Waals surface area (Å²) in [6, 6.07) is 6.49. The van der Waals surface area contributed by atoms with Gasteiger partial charge in [-0.2, -0.15) is 13.2 Å². The molecule has 1 aliphatic heterocycles. The summed E-state index contributed by atoms with van der Waals surface area (Å²) in [6.45, 7) is 0.634. The molecule has 2 aromatic carbocycles. The fourth-order valence-electron chi connectivity index (χ4n) is 7.62. The fraction of sp³-hybridized carbons (Fsp3) is 0.472. The highest BCUT2D eigenvalue weighted by Crippen LogP contribution is 2.54. The topological polar surface area (TPSA) is 122 Å². The Hall–Kier alpha value is -4.20. The minimum Gasteiger partial charge on any atom is -0.496 e. The SMILES string of the molecule is COc1ccc(/C=C/C(=O)N2CCC(S(C)(=O)=O)CC2)cc1C(=O)N[C@H]1[C@@H](C(=O)Nc2ccc(F)c(C(F)(F)F)c2)[C@H]2CC[C@@H]1/C2=C\C1CC1. The zero-order valence-electron chi connectivity index (χ0n) is 27.6. The van der Waals surface area contributed by atoms with Crippen LogP contribution in [0.1, 0.15) is 60.0 Å². The van der Waals surface area contributed by atoms with Crippen LogP contribution in [0.25, 0.3) is 6.08 Å². The van der Waals surface area contributed by atoms with Crippen LogP contribution >= 0.6 is 0 Å². The number of likely N-dealkylation sites (tertiary alicyclic amines) is 1. The molecule has 4 atom stereocenters. The van der Waals surface area contributed by atoms with Crippen LogP contribution in [-0.4, -0.2) is 68.8 Å². The van der Waals surface area contributed by atoms with Crippen molar-refractivity contribution >= 4 is 39.3 Å². The Morgan fingerprint density at radius 2 is 1.66 bits per heavy atom. The molecule has 14 heteroatoms. The largest absolute Gasteiger partial charge is 0.496 e. The third-order valence-electron chi connectivity index (χ3n) is 10.3. The monoisotopic (exact) mass is 717 g/mol. The van der Waals surface area contributed by atoms with E-state index in [0.29, 0.717) is 56.0 Å². The number of hydrogen-bond acceptors (Lipinski definition) is 6. The van der Waals surface area contributed by atoms with Gasteiger partial charge in [-0.25, -0.2) is 12.8 Å². The minimum absolute atomic E-state index is 0.141. The number of fused-ring (bicyclic) bond motifs is 2. The molecule has 2 bridgehead atoms. The first-order valence-electron chi connectivity index (χ1n) is 16.7. The molecule has 268 valence electrons. The zero-order valence-corrected chi connectivity index (χ0v) is 28.5. The molecule has 4 fully saturated rings. The third kappa shape index (κ3) is 7.59. The van der Waals surface area contributed by atoms with E-state index in [9.17, 15) is 40.4 Å². The number of piperidine rings is 1. The number of benzene rings is 2. The van der Waals surface area contributed by atoms with Gasteiger partial charge in [0.1, 0.15) is 21.4 Å². The number of alkyl halides is 3. The number of amides is 3. The van der Waals surface area contributed by atoms with Crippen molar-refractivity contribution in [2.24, 2.45) is 23.7 Å². The van der Waals surface area contributed by atoms with Gasteiger partial charge in [0.15, 0.2) is 0 Å². The zero-order chi connectivity index (χ0) is 36.0. The van der Waals surface area contributed by atoms with Gasteiger partial charge in [-0.1, -0.05) is 17.7 Å². The molecule has 3 amide bonds. The van der Waals surface area contributed by atoms with Gasteiger partial charge in [-0.3, -0.25) is 14.4 Å². The molecule has 50 heavy (non-hydrogen) atoms. The van der Waals surface area contributed by atoms with Crippen molar-refractivity contribution in [2.75, 3.05) is 31.8 Å². The van der Waals surface area contributed by atoms with Crippen molar-refractivity contribution in [1.29, 1.82) is 0 Å². The van der Waals surface area contributed by atoms with Crippen LogP contribution in [0.2, 0.25) is 0 Å². The van der Waals surface area contributed by atoms with Crippen molar-refractivity contribution in [3.63, 3.8) is 0 Å². The summed E-state index contributed by atoms with van der Waals surface area (Å²) in [5.41, 5.74) is 0.0971. The molecule has 0 unspecified atom stereocenters. The van der Waals surface area contributed by atoms with Gasteiger partial charge in [0.05, 0.1) is 29.4 Å². The molecular weight excluding hydrogens is 678 g/mol. The number of carbonyl (C=O) groups is 3. The molecule has 0 radical (unpaired) electrons. The first-order chi connectivity index (χ1) is 23.6. The van der Waals surface area contributed by atoms with Gasteiger partial charge in [-0.15, -0.1) is 0 Å². The van der Waals surface area contributed by atoms with Crippen LogP contribution in [0, 0.1) is 29.5 Å². The van der Waals surface area contributed by atoms with Gasteiger partial charge < -0.3 is 20.3 Å². The number of nitrogens with one attached hydrogen (secondary N) is 2. The van der Waals surface area contributed by atoms with Crippen LogP contribution in [0.5, 0.6) is 5.75 Å². The van der Waals surface area contributed by atoms with E-state index in [1.807, 2.05) is 0 Å². The first kappa shape index (κ1) is 35.6. The Morgan fingerprint density at radius 3 is 2.30 bits per heavy atom. The van der Waals surface area contributed by atoms with E-state index in [4.69, 9.17) is 4.74 Å². The number of hydrogen-bond donors (Lipinski definition) is 2. The maximum Gasteiger partial charge on any atom is 0.419 e. The van der Waals surface area contributed by atoms with Crippen LogP contribution in [0.15, 0.2) is 54.1 Å². The average Bonchev–Trinajstić information content (AvgIpc) is 3.75. The van der Waals surface area contributed by atoms with Gasteiger partial charge in [0, 0.05) is 43.1 Å². The van der Waals surface area contributed by atoms with E-state index in [1.165, 1.54) is 19.4 Å². The normalized spacial score (nSPS) is 24.9. The van der Waals surface area contributed by atoms with Gasteiger partial charge in [0.25, 0.3) is 5.91 Å². The number of rotatable bonds is 9. The summed E-state index contributed by atoms with van der Waals surface area (Å²) in [5.74, 6) is -3.28. The van der Waals surface area contributed by atoms with Crippen molar-refractivity contribution in [3.8, 4) is 5.75 Å². The summed E-state index contributed by atoms with van der Waals surface area (Å²) >= 11 is 0. The number of allylic oxidation sites excluding steroid dienone is 1. The van der Waals surface area contributed by atoms with Crippen LogP contribution in [0.3, 0.4) is 0 Å². The molecule has 4 aliphatic rings. The van der Waals surface area contributed by atoms with E-state index in [0.717, 1.165) is 30.9 Å². The highest BCUT2D eigenvalue weighted by Gasteiger charge is 2.55. The number of halogens is 4. The number of anilines is 1. The van der Waals surface area contributed by atoms with Crippen molar-refractivity contribution in [3.05, 3.63) is 76.6 Å². The molecule has 1 heterocycles. The minimum atomic E-state index is -4.94. The molecule has 1 saturated heterocycles. The van der Waals surface area contributed by atoms with Crippen molar-refractivity contribution in [2.45, 2.75) is 56.0 Å². The molecule has 3 saturated carbocycles. The number of nitrogens with zero attached hydrogens (tertiary/aromatic N) is 1. The standard InChI is InChI=1S/C36H39F4N3O6S/c1-49-30-11-5-21(6-12-31(44)43-15-13-23(14-16-43)50(2,47)48)18-27(30)34(45)42-33-25-9-8-24(26(25)17-20-3-4-20)32(33)35(46)41-22-7-10-29(37)28(19-22)36(38,39)40/h5-7,10-12,17-20,23-25,32-33H,3-4,8-9,13-16H2,1-2H3,(H,41,46)(H,42,45)/b12-6+,26-17-/t24-,25+,32-,33+/m0/s1. The Labute approximate surface area is 288 Å². The highest BCUT2D eigenvalue weighted by atomic mass is 32.2. The molecule has 9 nitrogen and oxygen atoms in total. The van der Waals surface area contributed by atoms with Crippen LogP contribution in [0.4, 0.5) is 23.2 Å². The Kier molecular flexibility index (Phi) is 9.86. The van der Waals surface area contributed by atoms with E-state index in [2.05, 4.69) is 16.7 Å². The van der Waals surface area contributed by atoms with E-state index < -0.39 is 56.4 Å². The second kappa shape index (κ2) is 13.8. The van der Waals surface area contributed by atoms with Crippen molar-refractivity contribution in [1.82, 2.24) is 10.2 Å². The molecule has 6 rings (SSSR count). The number of ether oxygens (including phenoxy) is 1. The summed E-state index contributed by atoms with van der Waals surface area (Å²) in [5, 5.41) is 5.12. The molecule has 2 aromatic rings. The summed E-state index contributed by atoms with van der Waals surface area (Å²) < 4.78 is 83.3. The summed E-state index contributed by atoms with van der Waals surface area (Å²) in [7, 11) is -1.77. The Bertz CT molecular complexity index is 1850. The van der Waals surface area contributed by atoms with Crippen molar-refractivity contribution < 1.29 is 45.1 Å². The number of carbonyl (C=O) groups excluding carboxylic acids is 3. The maximum absolute atomic E-state index is 13.9. The molecule has 3 aliphatic carbocycles. The highest BCUT2D eigenvalue weighted by molar-refractivity contribution is 7.91. The predicted octanol–water partition coefficient (Wildman–Crippen LogP) is 5.63. The summed E-state index contributed by atoms with van der Waals surface area (Å²) in [6.07, 6.45) is 5.59. The smallest absolute Gasteiger partial charge is 0.419 e. The lowest BCUT2D eigenvalue weighted by Crippen LogP contribution is -2.48. The maximum atomic E-state index is 13.9. The molecule has 0 aromatic heterocycles. The van der Waals surface area contributed by atoms with E-state index >= 15 is 0 Å². The van der Waals surface area contributed by atoms with E-state index in [-0.39, 0.29) is 34.7 Å². The molecule has 2 N–H and O–H groups in total. The summed E-state index contributed by atoms with van der Waals surface area (Å²) in [4.78, 5) is 42.1. The second-order valence-electron chi connectivity index (χ2n) is 13.6. The second-order valence-corrected chi connectivity index (χ2v) is 16.0. The quantitative estimate of drug-likeness (QED) is 0.197.